The van der Waals surface area contributed by atoms with Crippen molar-refractivity contribution in [3.05, 3.63) is 77.9 Å². The van der Waals surface area contributed by atoms with Gasteiger partial charge in [0, 0.05) is 32.0 Å². The van der Waals surface area contributed by atoms with Crippen LogP contribution in [-0.4, -0.2) is 77.9 Å². The van der Waals surface area contributed by atoms with Gasteiger partial charge in [-0.05, 0) is 72.6 Å². The normalized spacial score (nSPS) is 20.2. The van der Waals surface area contributed by atoms with E-state index < -0.39 is 47.8 Å². The number of aromatic hydroxyl groups is 1. The van der Waals surface area contributed by atoms with Gasteiger partial charge in [0.15, 0.2) is 11.9 Å². The Bertz CT molecular complexity index is 1720. The molecule has 51 heavy (non-hydrogen) atoms. The van der Waals surface area contributed by atoms with E-state index >= 15 is 0 Å². The van der Waals surface area contributed by atoms with Crippen LogP contribution in [0.2, 0.25) is 0 Å². The van der Waals surface area contributed by atoms with Crippen molar-refractivity contribution < 1.29 is 24.3 Å². The number of carbonyl (C=O) groups excluding carboxylic acids is 4. The molecule has 1 aliphatic rings. The fraction of sp³-hybridized carbons (Fsp3) is 0.389. The summed E-state index contributed by atoms with van der Waals surface area (Å²) < 4.78 is 0. The minimum Gasteiger partial charge on any atom is -0.508 e. The number of aliphatic imine (C=N–C) groups is 2. The second-order valence-electron chi connectivity index (χ2n) is 12.6. The number of hydrogen-bond acceptors (Lipinski definition) is 7. The van der Waals surface area contributed by atoms with Crippen LogP contribution in [0, 0.1) is 0 Å². The molecule has 1 fully saturated rings. The topological polar surface area (TPSA) is 265 Å². The third-order valence-corrected chi connectivity index (χ3v) is 8.55. The zero-order valence-electron chi connectivity index (χ0n) is 28.5. The van der Waals surface area contributed by atoms with Crippen LogP contribution in [0.1, 0.15) is 49.7 Å². The maximum absolute atomic E-state index is 13.9. The molecule has 0 radical (unpaired) electrons. The highest BCUT2D eigenvalue weighted by molar-refractivity contribution is 5.94. The zero-order valence-corrected chi connectivity index (χ0v) is 28.5. The van der Waals surface area contributed by atoms with E-state index in [9.17, 15) is 24.3 Å². The molecule has 1 heterocycles. The number of rotatable bonds is 12. The van der Waals surface area contributed by atoms with E-state index in [-0.39, 0.29) is 62.9 Å². The number of phenolic OH excluding ortho intramolecular Hbond substituents is 1. The van der Waals surface area contributed by atoms with Crippen molar-refractivity contribution >= 4 is 46.3 Å². The van der Waals surface area contributed by atoms with Crippen LogP contribution in [0.3, 0.4) is 0 Å². The van der Waals surface area contributed by atoms with Crippen LogP contribution in [0.4, 0.5) is 0 Å². The molecule has 4 rings (SSSR count). The molecule has 4 amide bonds. The fourth-order valence-electron chi connectivity index (χ4n) is 5.92. The number of guanidine groups is 2. The lowest BCUT2D eigenvalue weighted by atomic mass is 9.97. The van der Waals surface area contributed by atoms with Crippen molar-refractivity contribution in [1.29, 1.82) is 0 Å². The third-order valence-electron chi connectivity index (χ3n) is 8.55. The Morgan fingerprint density at radius 3 is 1.80 bits per heavy atom. The van der Waals surface area contributed by atoms with E-state index in [1.165, 1.54) is 12.1 Å². The van der Waals surface area contributed by atoms with Gasteiger partial charge in [-0.1, -0.05) is 54.6 Å². The molecule has 3 aromatic carbocycles. The molecular formula is C36H48N10O5. The number of carbonyl (C=O) groups is 4. The molecule has 272 valence electrons. The minimum atomic E-state index is -1.09. The minimum absolute atomic E-state index is 0.0152. The highest BCUT2D eigenvalue weighted by Gasteiger charge is 2.31. The summed E-state index contributed by atoms with van der Waals surface area (Å²) in [4.78, 5) is 62.9. The van der Waals surface area contributed by atoms with E-state index in [1.54, 1.807) is 12.1 Å². The summed E-state index contributed by atoms with van der Waals surface area (Å²) in [5.41, 5.74) is 23.5. The summed E-state index contributed by atoms with van der Waals surface area (Å²) in [6.07, 6.45) is 1.86. The summed E-state index contributed by atoms with van der Waals surface area (Å²) in [5.74, 6) is -2.15. The van der Waals surface area contributed by atoms with Gasteiger partial charge in [0.05, 0.1) is 0 Å². The number of benzene rings is 3. The SMILES string of the molecule is NC(N)=NCCC[C@@H]1NC(=O)[C@@H](CCCN=C(N)N)NC(=O)[C@@H](Cc2ccc(O)cc2)NC(=O)CC[C@H](Cc2ccc3ccccc3c2)NC1=O. The largest absolute Gasteiger partial charge is 0.508 e. The molecule has 0 aliphatic carbocycles. The van der Waals surface area contributed by atoms with Gasteiger partial charge >= 0.3 is 0 Å². The number of fused-ring (bicyclic) bond motifs is 1. The second kappa shape index (κ2) is 18.8. The van der Waals surface area contributed by atoms with Crippen LogP contribution in [0.5, 0.6) is 5.75 Å². The van der Waals surface area contributed by atoms with Crippen molar-refractivity contribution in [2.24, 2.45) is 32.9 Å². The number of hydrogen-bond donors (Lipinski definition) is 9. The Morgan fingerprint density at radius 1 is 0.647 bits per heavy atom. The average molecular weight is 701 g/mol. The second-order valence-corrected chi connectivity index (χ2v) is 12.6. The first-order chi connectivity index (χ1) is 24.5. The summed E-state index contributed by atoms with van der Waals surface area (Å²) in [6, 6.07) is 16.7. The number of nitrogens with two attached hydrogens (primary N) is 4. The first-order valence-electron chi connectivity index (χ1n) is 17.0. The summed E-state index contributed by atoms with van der Waals surface area (Å²) in [5, 5.41) is 23.4. The summed E-state index contributed by atoms with van der Waals surface area (Å²) >= 11 is 0. The van der Waals surface area contributed by atoms with Crippen molar-refractivity contribution in [2.45, 2.75) is 75.5 Å². The first-order valence-corrected chi connectivity index (χ1v) is 17.0. The van der Waals surface area contributed by atoms with Crippen LogP contribution >= 0.6 is 0 Å². The van der Waals surface area contributed by atoms with Crippen molar-refractivity contribution in [3.8, 4) is 5.75 Å². The number of nitrogens with zero attached hydrogens (tertiary/aromatic N) is 2. The molecule has 4 atom stereocenters. The predicted octanol–water partition coefficient (Wildman–Crippen LogP) is 0.171. The zero-order chi connectivity index (χ0) is 36.8. The van der Waals surface area contributed by atoms with Crippen LogP contribution < -0.4 is 44.2 Å². The van der Waals surface area contributed by atoms with Gasteiger partial charge in [0.25, 0.3) is 0 Å². The lowest BCUT2D eigenvalue weighted by molar-refractivity contribution is -0.134. The number of phenols is 1. The summed E-state index contributed by atoms with van der Waals surface area (Å²) in [6.45, 7) is 0.439. The highest BCUT2D eigenvalue weighted by Crippen LogP contribution is 2.19. The maximum atomic E-state index is 13.9. The molecular weight excluding hydrogens is 652 g/mol. The van der Waals surface area contributed by atoms with E-state index in [1.807, 2.05) is 42.5 Å². The maximum Gasteiger partial charge on any atom is 0.243 e. The van der Waals surface area contributed by atoms with Crippen LogP contribution in [0.25, 0.3) is 10.8 Å². The van der Waals surface area contributed by atoms with Crippen molar-refractivity contribution in [3.63, 3.8) is 0 Å². The molecule has 0 unspecified atom stereocenters. The van der Waals surface area contributed by atoms with E-state index in [2.05, 4.69) is 31.3 Å². The van der Waals surface area contributed by atoms with E-state index in [0.29, 0.717) is 24.8 Å². The smallest absolute Gasteiger partial charge is 0.243 e. The number of amides is 4. The van der Waals surface area contributed by atoms with Crippen LogP contribution in [0.15, 0.2) is 76.7 Å². The molecule has 3 aromatic rings. The van der Waals surface area contributed by atoms with Crippen LogP contribution in [-0.2, 0) is 32.0 Å². The Kier molecular flexibility index (Phi) is 14.0. The molecule has 0 spiro atoms. The quantitative estimate of drug-likeness (QED) is 0.0707. The van der Waals surface area contributed by atoms with Gasteiger partial charge in [0.1, 0.15) is 23.9 Å². The lowest BCUT2D eigenvalue weighted by Crippen LogP contribution is -2.58. The monoisotopic (exact) mass is 700 g/mol. The molecule has 0 saturated carbocycles. The third kappa shape index (κ3) is 12.5. The van der Waals surface area contributed by atoms with Gasteiger partial charge < -0.3 is 49.3 Å². The average Bonchev–Trinajstić information content (AvgIpc) is 3.09. The molecule has 15 heteroatoms. The molecule has 13 N–H and O–H groups in total. The first kappa shape index (κ1) is 38.0. The molecule has 1 aliphatic heterocycles. The highest BCUT2D eigenvalue weighted by atomic mass is 16.3. The summed E-state index contributed by atoms with van der Waals surface area (Å²) in [7, 11) is 0. The molecule has 0 aromatic heterocycles. The predicted molar refractivity (Wildman–Crippen MR) is 196 cm³/mol. The molecule has 15 nitrogen and oxygen atoms in total. The van der Waals surface area contributed by atoms with Gasteiger partial charge in [-0.25, -0.2) is 0 Å². The molecule has 0 bridgehead atoms. The van der Waals surface area contributed by atoms with Gasteiger partial charge in [-0.15, -0.1) is 0 Å². The van der Waals surface area contributed by atoms with Gasteiger partial charge in [-0.2, -0.15) is 0 Å². The lowest BCUT2D eigenvalue weighted by Gasteiger charge is -2.28. The van der Waals surface area contributed by atoms with E-state index in [0.717, 1.165) is 16.3 Å². The molecule has 1 saturated heterocycles. The van der Waals surface area contributed by atoms with Crippen molar-refractivity contribution in [2.75, 3.05) is 13.1 Å². The standard InChI is InChI=1S/C36H48N10O5/c37-35(38)41-17-3-7-28-32(49)43-26(20-23-9-12-24-5-1-2-6-25(24)19-23)13-16-31(48)44-30(21-22-10-14-27(47)15-11-22)34(51)46-29(33(50)45-28)8-4-18-42-36(39)40/h1-2,5-6,9-12,14-15,19,26,28-30,47H,3-4,7-8,13,16-18,20-21H2,(H,43,49)(H,44,48)(H,45,50)(H,46,51)(H4,37,38,41)(H4,39,40,42)/t26-,28+,29-,30-/m1/s1. The fourth-order valence-corrected chi connectivity index (χ4v) is 5.92. The Hall–Kier alpha value is -5.86. The number of nitrogens with one attached hydrogen (secondary N) is 4. The Balaban J connectivity index is 1.65. The Morgan fingerprint density at radius 2 is 1.20 bits per heavy atom. The van der Waals surface area contributed by atoms with Gasteiger partial charge in [0.2, 0.25) is 23.6 Å². The van der Waals surface area contributed by atoms with Crippen molar-refractivity contribution in [1.82, 2.24) is 21.3 Å². The van der Waals surface area contributed by atoms with Gasteiger partial charge in [-0.3, -0.25) is 29.2 Å². The Labute approximate surface area is 296 Å². The van der Waals surface area contributed by atoms with E-state index in [4.69, 9.17) is 22.9 Å².